The Balaban J connectivity index is 0.797. The minimum Gasteiger partial charge on any atom is -0.446 e. The Labute approximate surface area is 402 Å². The lowest BCUT2D eigenvalue weighted by atomic mass is 9.85. The number of aliphatic hydroxyl groups excluding tert-OH is 1. The van der Waals surface area contributed by atoms with Crippen molar-refractivity contribution in [2.75, 3.05) is 23.7 Å². The third kappa shape index (κ3) is 13.6. The van der Waals surface area contributed by atoms with E-state index in [2.05, 4.69) is 37.3 Å². The average molecular weight is 951 g/mol. The number of ether oxygens (including phenoxy) is 1. The molecular formula is C51H66N8O6S2. The third-order valence-electron chi connectivity index (χ3n) is 12.7. The highest BCUT2D eigenvalue weighted by Gasteiger charge is 2.44. The van der Waals surface area contributed by atoms with Gasteiger partial charge in [-0.25, -0.2) is 14.8 Å². The molecule has 358 valence electrons. The van der Waals surface area contributed by atoms with Crippen molar-refractivity contribution in [2.45, 2.75) is 149 Å². The van der Waals surface area contributed by atoms with Gasteiger partial charge in [-0.3, -0.25) is 24.7 Å². The second kappa shape index (κ2) is 23.0. The zero-order chi connectivity index (χ0) is 47.5. The Kier molecular flexibility index (Phi) is 17.0. The largest absolute Gasteiger partial charge is 0.446 e. The highest BCUT2D eigenvalue weighted by Crippen LogP contribution is 2.33. The molecule has 3 aromatic heterocycles. The van der Waals surface area contributed by atoms with Crippen LogP contribution >= 0.6 is 22.7 Å². The smallest absolute Gasteiger partial charge is 0.411 e. The molecule has 5 aromatic rings. The first-order valence-electron chi connectivity index (χ1n) is 23.9. The van der Waals surface area contributed by atoms with Gasteiger partial charge in [0.15, 0.2) is 5.13 Å². The number of unbranched alkanes of at least 4 members (excludes halogenated alkanes) is 5. The molecule has 1 saturated heterocycles. The Hall–Kier alpha value is -5.45. The number of carbonyl (C=O) groups is 4. The molecule has 1 aliphatic carbocycles. The van der Waals surface area contributed by atoms with Gasteiger partial charge in [0, 0.05) is 44.2 Å². The van der Waals surface area contributed by atoms with Crippen LogP contribution in [0.3, 0.4) is 0 Å². The molecule has 1 saturated carbocycles. The number of anilines is 2. The van der Waals surface area contributed by atoms with E-state index in [4.69, 9.17) is 9.72 Å². The van der Waals surface area contributed by atoms with Gasteiger partial charge in [-0.15, -0.1) is 11.3 Å². The topological polar surface area (TPSA) is 188 Å². The van der Waals surface area contributed by atoms with Crippen molar-refractivity contribution in [2.24, 2.45) is 5.41 Å². The number of likely N-dealkylation sites (tertiary alicyclic amines) is 1. The van der Waals surface area contributed by atoms with E-state index in [1.165, 1.54) is 11.3 Å². The van der Waals surface area contributed by atoms with E-state index < -0.39 is 29.7 Å². The molecule has 0 radical (unpaired) electrons. The zero-order valence-electron chi connectivity index (χ0n) is 39.5. The van der Waals surface area contributed by atoms with Gasteiger partial charge in [0.05, 0.1) is 43.8 Å². The van der Waals surface area contributed by atoms with Gasteiger partial charge in [0.1, 0.15) is 18.2 Å². The molecule has 0 spiro atoms. The lowest BCUT2D eigenvalue weighted by molar-refractivity contribution is -0.144. The molecule has 3 atom stereocenters. The minimum atomic E-state index is -0.848. The van der Waals surface area contributed by atoms with E-state index in [0.717, 1.165) is 118 Å². The summed E-state index contributed by atoms with van der Waals surface area (Å²) in [6.07, 6.45) is 11.9. The van der Waals surface area contributed by atoms with Crippen LogP contribution in [-0.4, -0.2) is 86.2 Å². The van der Waals surface area contributed by atoms with Crippen LogP contribution in [0.25, 0.3) is 31.8 Å². The van der Waals surface area contributed by atoms with Gasteiger partial charge in [0.2, 0.25) is 17.7 Å². The first-order chi connectivity index (χ1) is 32.2. The molecule has 4 amide bonds. The van der Waals surface area contributed by atoms with E-state index in [1.54, 1.807) is 22.7 Å². The van der Waals surface area contributed by atoms with Gasteiger partial charge in [-0.2, -0.15) is 0 Å². The molecule has 16 heteroatoms. The fourth-order valence-corrected chi connectivity index (χ4v) is 10.5. The van der Waals surface area contributed by atoms with E-state index in [0.29, 0.717) is 18.5 Å². The van der Waals surface area contributed by atoms with Crippen LogP contribution in [0.15, 0.2) is 60.2 Å². The maximum atomic E-state index is 14.0. The van der Waals surface area contributed by atoms with E-state index in [1.807, 2.05) is 88.8 Å². The number of β-amino-alcohol motifs (C(OH)–C–C–N with tert-alkyl or cyclic N) is 1. The summed E-state index contributed by atoms with van der Waals surface area (Å²) in [4.78, 5) is 69.5. The number of carbonyl (C=O) groups excluding carboxylic acids is 4. The number of fused-ring (bicyclic) bond motifs is 1. The molecule has 7 rings (SSSR count). The highest BCUT2D eigenvalue weighted by molar-refractivity contribution is 7.22. The monoisotopic (exact) mass is 950 g/mol. The van der Waals surface area contributed by atoms with Gasteiger partial charge in [0.25, 0.3) is 0 Å². The zero-order valence-corrected chi connectivity index (χ0v) is 41.1. The predicted molar refractivity (Wildman–Crippen MR) is 267 cm³/mol. The summed E-state index contributed by atoms with van der Waals surface area (Å²) in [5.41, 5.74) is 8.37. The molecular weight excluding hydrogens is 885 g/mol. The SMILES string of the molecule is Cc1ncc(-c2ccc3nc(NCCCCCCCCC(=O)N[C@H](C(=O)N4C[C@H](O)C[C@H]4C(=O)NCc4ccc(-c5scnc5C)cc4)C(C)(C)C)sc3c2)cc1NC(=O)OC1CCCCC1. The summed E-state index contributed by atoms with van der Waals surface area (Å²) < 4.78 is 6.73. The molecule has 0 unspecified atom stereocenters. The van der Waals surface area contributed by atoms with Crippen molar-refractivity contribution in [3.05, 3.63) is 77.2 Å². The standard InChI is InChI=1S/C51H66N8O6S2/c1-32-41(57-50(64)65-39-15-11-10-12-16-39)25-37(29-53-32)36-22-23-40-43(26-36)67-49(56-40)52-24-14-9-7-6-8-13-17-44(61)58-46(51(3,4)5)48(63)59-30-38(60)27-42(59)47(62)54-28-34-18-20-35(21-19-34)45-33(2)55-31-66-45/h18-23,25-26,29,31,38-39,42,46,60H,6-17,24,27-28,30H2,1-5H3,(H,52,56)(H,54,62)(H,57,64)(H,58,61)/t38-,42+,46-/m1/s1. The minimum absolute atomic E-state index is 0.0205. The number of amides is 4. The van der Waals surface area contributed by atoms with Crippen LogP contribution < -0.4 is 21.3 Å². The quantitative estimate of drug-likeness (QED) is 0.0499. The second-order valence-electron chi connectivity index (χ2n) is 19.1. The Morgan fingerprint density at radius 1 is 0.881 bits per heavy atom. The molecule has 2 fully saturated rings. The number of aromatic nitrogens is 3. The Bertz CT molecular complexity index is 2480. The van der Waals surface area contributed by atoms with Crippen molar-refractivity contribution in [1.29, 1.82) is 0 Å². The van der Waals surface area contributed by atoms with Crippen LogP contribution in [0.5, 0.6) is 0 Å². The Morgan fingerprint density at radius 3 is 2.34 bits per heavy atom. The van der Waals surface area contributed by atoms with Crippen LogP contribution in [0.1, 0.15) is 121 Å². The van der Waals surface area contributed by atoms with Crippen LogP contribution in [0.2, 0.25) is 0 Å². The Morgan fingerprint density at radius 2 is 1.61 bits per heavy atom. The molecule has 2 aromatic carbocycles. The number of hydrogen-bond donors (Lipinski definition) is 5. The number of nitrogens with one attached hydrogen (secondary N) is 4. The van der Waals surface area contributed by atoms with Gasteiger partial charge in [-0.1, -0.05) is 94.5 Å². The lowest BCUT2D eigenvalue weighted by Crippen LogP contribution is -2.57. The van der Waals surface area contributed by atoms with Gasteiger partial charge in [-0.05, 0) is 92.7 Å². The number of thiazole rings is 2. The van der Waals surface area contributed by atoms with Crippen molar-refractivity contribution in [3.8, 4) is 21.6 Å². The first-order valence-corrected chi connectivity index (χ1v) is 25.6. The van der Waals surface area contributed by atoms with Crippen molar-refractivity contribution < 1.29 is 29.0 Å². The molecule has 4 heterocycles. The number of rotatable bonds is 19. The maximum Gasteiger partial charge on any atom is 0.411 e. The number of pyridine rings is 1. The molecule has 14 nitrogen and oxygen atoms in total. The summed E-state index contributed by atoms with van der Waals surface area (Å²) in [6.45, 7) is 10.7. The first kappa shape index (κ1) is 49.5. The molecule has 67 heavy (non-hydrogen) atoms. The van der Waals surface area contributed by atoms with Gasteiger partial charge < -0.3 is 30.7 Å². The van der Waals surface area contributed by atoms with Crippen LogP contribution in [0.4, 0.5) is 15.6 Å². The number of aryl methyl sites for hydroxylation is 2. The number of hydrogen-bond acceptors (Lipinski definition) is 12. The van der Waals surface area contributed by atoms with Crippen molar-refractivity contribution >= 4 is 67.5 Å². The molecule has 2 aliphatic rings. The van der Waals surface area contributed by atoms with E-state index in [-0.39, 0.29) is 43.3 Å². The fourth-order valence-electron chi connectivity index (χ4n) is 8.80. The molecule has 5 N–H and O–H groups in total. The fraction of sp³-hybridized carbons (Fsp3) is 0.510. The number of nitrogens with zero attached hydrogens (tertiary/aromatic N) is 4. The van der Waals surface area contributed by atoms with E-state index >= 15 is 0 Å². The van der Waals surface area contributed by atoms with Crippen LogP contribution in [-0.2, 0) is 25.7 Å². The molecule has 0 bridgehead atoms. The second-order valence-corrected chi connectivity index (χ2v) is 21.0. The highest BCUT2D eigenvalue weighted by atomic mass is 32.1. The molecule has 1 aliphatic heterocycles. The summed E-state index contributed by atoms with van der Waals surface area (Å²) in [5, 5.41) is 23.8. The van der Waals surface area contributed by atoms with Crippen molar-refractivity contribution in [3.63, 3.8) is 0 Å². The lowest BCUT2D eigenvalue weighted by Gasteiger charge is -2.35. The number of benzene rings is 2. The van der Waals surface area contributed by atoms with E-state index in [9.17, 15) is 24.3 Å². The normalized spacial score (nSPS) is 17.0. The number of aliphatic hydroxyl groups is 1. The summed E-state index contributed by atoms with van der Waals surface area (Å²) in [6, 6.07) is 14.4. The maximum absolute atomic E-state index is 14.0. The third-order valence-corrected chi connectivity index (χ3v) is 14.6. The summed E-state index contributed by atoms with van der Waals surface area (Å²) in [5.74, 6) is -0.880. The van der Waals surface area contributed by atoms with Crippen LogP contribution in [0, 0.1) is 19.3 Å². The summed E-state index contributed by atoms with van der Waals surface area (Å²) in [7, 11) is 0. The van der Waals surface area contributed by atoms with Gasteiger partial charge >= 0.3 is 6.09 Å². The predicted octanol–water partition coefficient (Wildman–Crippen LogP) is 9.93. The summed E-state index contributed by atoms with van der Waals surface area (Å²) >= 11 is 3.20. The van der Waals surface area contributed by atoms with Crippen molar-refractivity contribution in [1.82, 2.24) is 30.5 Å². The average Bonchev–Trinajstić information content (AvgIpc) is 4.05.